The molecule has 4 rings (SSSR count). The van der Waals surface area contributed by atoms with Crippen molar-refractivity contribution in [2.75, 3.05) is 0 Å². The zero-order valence-corrected chi connectivity index (χ0v) is 15.9. The Balaban J connectivity index is 2.17. The van der Waals surface area contributed by atoms with Crippen LogP contribution in [0.2, 0.25) is 0 Å². The summed E-state index contributed by atoms with van der Waals surface area (Å²) in [6.07, 6.45) is 0. The van der Waals surface area contributed by atoms with Crippen LogP contribution in [0.1, 0.15) is 5.56 Å². The van der Waals surface area contributed by atoms with E-state index in [1.54, 1.807) is 0 Å². The highest BCUT2D eigenvalue weighted by molar-refractivity contribution is 9.10. The molecule has 0 atom stereocenters. The van der Waals surface area contributed by atoms with Gasteiger partial charge in [0.05, 0.1) is 0 Å². The highest BCUT2D eigenvalue weighted by Crippen LogP contribution is 2.49. The lowest BCUT2D eigenvalue weighted by Crippen LogP contribution is -1.73. The van der Waals surface area contributed by atoms with Gasteiger partial charge >= 0.3 is 0 Å². The van der Waals surface area contributed by atoms with Crippen molar-refractivity contribution in [2.24, 2.45) is 0 Å². The molecule has 0 saturated carbocycles. The van der Waals surface area contributed by atoms with Crippen LogP contribution in [0.25, 0.3) is 25.1 Å². The summed E-state index contributed by atoms with van der Waals surface area (Å²) in [5, 5.41) is 2.68. The second-order valence-corrected chi connectivity index (χ2v) is 9.19. The predicted molar refractivity (Wildman–Crippen MR) is 105 cm³/mol. The average molecular weight is 433 g/mol. The fraction of sp³-hybridized carbons (Fsp3) is 0.0526. The van der Waals surface area contributed by atoms with Gasteiger partial charge in [0.2, 0.25) is 0 Å². The van der Waals surface area contributed by atoms with Crippen molar-refractivity contribution in [1.29, 1.82) is 0 Å². The molecule has 4 aromatic rings. The van der Waals surface area contributed by atoms with Crippen LogP contribution in [0.4, 0.5) is 0 Å². The van der Waals surface area contributed by atoms with E-state index in [1.165, 1.54) is 30.6 Å². The van der Waals surface area contributed by atoms with E-state index in [1.807, 2.05) is 0 Å². The molecule has 0 unspecified atom stereocenters. The molecule has 22 heavy (non-hydrogen) atoms. The van der Waals surface area contributed by atoms with Crippen molar-refractivity contribution in [1.82, 2.24) is 0 Å². The highest BCUT2D eigenvalue weighted by Gasteiger charge is 2.23. The number of halogens is 2. The molecular formula is C19H13Br2S+. The third-order valence-corrected chi connectivity index (χ3v) is 7.19. The van der Waals surface area contributed by atoms with Crippen molar-refractivity contribution in [3.05, 3.63) is 75.2 Å². The van der Waals surface area contributed by atoms with Gasteiger partial charge in [-0.25, -0.2) is 0 Å². The SMILES string of the molecule is Cc1ccc(-[s+]2c3ccc(Br)cc3c3cc(Br)ccc32)cc1. The number of hydrogen-bond donors (Lipinski definition) is 0. The standard InChI is InChI=1S/C19H13Br2S/c1-12-2-6-15(7-3-12)22-18-8-4-13(20)10-16(18)17-11-14(21)5-9-19(17)22/h2-11H,1H3/q+1. The Labute approximate surface area is 149 Å². The van der Waals surface area contributed by atoms with Gasteiger partial charge in [0.25, 0.3) is 0 Å². The topological polar surface area (TPSA) is 0 Å². The summed E-state index contributed by atoms with van der Waals surface area (Å²) in [7, 11) is -0.00704. The fourth-order valence-electron chi connectivity index (χ4n) is 2.83. The lowest BCUT2D eigenvalue weighted by atomic mass is 10.2. The van der Waals surface area contributed by atoms with Gasteiger partial charge in [-0.2, -0.15) is 0 Å². The van der Waals surface area contributed by atoms with Crippen LogP contribution in [-0.2, 0) is 0 Å². The quantitative estimate of drug-likeness (QED) is 0.272. The molecule has 0 nitrogen and oxygen atoms in total. The molecule has 0 aliphatic rings. The van der Waals surface area contributed by atoms with E-state index >= 15 is 0 Å². The van der Waals surface area contributed by atoms with Gasteiger partial charge in [-0.1, -0.05) is 49.6 Å². The summed E-state index contributed by atoms with van der Waals surface area (Å²) < 4.78 is 5.10. The number of fused-ring (bicyclic) bond motifs is 3. The van der Waals surface area contributed by atoms with Crippen molar-refractivity contribution in [3.8, 4) is 4.90 Å². The molecule has 0 saturated heterocycles. The summed E-state index contributed by atoms with van der Waals surface area (Å²) >= 11 is 7.22. The molecule has 0 N–H and O–H groups in total. The van der Waals surface area contributed by atoms with Crippen LogP contribution in [0.5, 0.6) is 0 Å². The van der Waals surface area contributed by atoms with E-state index in [0.717, 1.165) is 8.95 Å². The van der Waals surface area contributed by atoms with Crippen LogP contribution in [-0.4, -0.2) is 0 Å². The van der Waals surface area contributed by atoms with E-state index < -0.39 is 0 Å². The van der Waals surface area contributed by atoms with Crippen LogP contribution in [0.15, 0.2) is 69.6 Å². The minimum atomic E-state index is -0.00704. The number of thiophene rings is 1. The lowest BCUT2D eigenvalue weighted by Gasteiger charge is -1.95. The van der Waals surface area contributed by atoms with Crippen LogP contribution in [0.3, 0.4) is 0 Å². The van der Waals surface area contributed by atoms with Crippen molar-refractivity contribution in [2.45, 2.75) is 6.92 Å². The molecule has 3 aromatic carbocycles. The van der Waals surface area contributed by atoms with Crippen molar-refractivity contribution >= 4 is 62.5 Å². The molecular weight excluding hydrogens is 420 g/mol. The smallest absolute Gasteiger partial charge is 0.0539 e. The maximum atomic E-state index is 3.61. The first-order valence-corrected chi connectivity index (χ1v) is 9.85. The van der Waals surface area contributed by atoms with Crippen molar-refractivity contribution in [3.63, 3.8) is 0 Å². The van der Waals surface area contributed by atoms with E-state index in [9.17, 15) is 0 Å². The number of benzene rings is 3. The van der Waals surface area contributed by atoms with Crippen LogP contribution >= 0.6 is 42.3 Å². The third kappa shape index (κ3) is 2.32. The number of aryl methyl sites for hydroxylation is 1. The van der Waals surface area contributed by atoms with Gasteiger partial charge in [-0.15, -0.1) is 0 Å². The first kappa shape index (κ1) is 14.4. The lowest BCUT2D eigenvalue weighted by molar-refractivity contribution is 1.49. The van der Waals surface area contributed by atoms with Gasteiger partial charge in [0, 0.05) is 42.3 Å². The predicted octanol–water partition coefficient (Wildman–Crippen LogP) is 7.56. The van der Waals surface area contributed by atoms with Gasteiger partial charge in [0.15, 0.2) is 14.3 Å². The third-order valence-electron chi connectivity index (χ3n) is 3.87. The Kier molecular flexibility index (Phi) is 3.60. The molecule has 0 aliphatic heterocycles. The molecule has 1 aromatic heterocycles. The molecule has 1 heterocycles. The van der Waals surface area contributed by atoms with Gasteiger partial charge in [-0.3, -0.25) is 0 Å². The maximum absolute atomic E-state index is 3.61. The molecule has 0 bridgehead atoms. The van der Waals surface area contributed by atoms with E-state index in [0.29, 0.717) is 0 Å². The molecule has 108 valence electrons. The molecule has 0 radical (unpaired) electrons. The average Bonchev–Trinajstić information content (AvgIpc) is 2.81. The second-order valence-electron chi connectivity index (χ2n) is 5.40. The first-order valence-electron chi connectivity index (χ1n) is 7.04. The highest BCUT2D eigenvalue weighted by atomic mass is 79.9. The normalized spacial score (nSPS) is 11.4. The minimum absolute atomic E-state index is 0.00704. The molecule has 0 fully saturated rings. The Morgan fingerprint density at radius 2 is 1.18 bits per heavy atom. The van der Waals surface area contributed by atoms with Crippen LogP contribution in [0, 0.1) is 6.92 Å². The summed E-state index contributed by atoms with van der Waals surface area (Å²) in [6.45, 7) is 2.14. The van der Waals surface area contributed by atoms with E-state index in [-0.39, 0.29) is 10.5 Å². The molecule has 3 heteroatoms. The second kappa shape index (κ2) is 5.48. The van der Waals surface area contributed by atoms with Gasteiger partial charge in [-0.05, 0) is 43.3 Å². The maximum Gasteiger partial charge on any atom is 0.187 e. The minimum Gasteiger partial charge on any atom is -0.0539 e. The Morgan fingerprint density at radius 1 is 0.682 bits per heavy atom. The Bertz CT molecular complexity index is 938. The fourth-order valence-corrected chi connectivity index (χ4v) is 5.89. The Hall–Kier alpha value is -1.16. The van der Waals surface area contributed by atoms with Gasteiger partial charge < -0.3 is 0 Å². The van der Waals surface area contributed by atoms with Crippen molar-refractivity contribution < 1.29 is 0 Å². The zero-order valence-electron chi connectivity index (χ0n) is 11.9. The van der Waals surface area contributed by atoms with E-state index in [2.05, 4.69) is 99.4 Å². The molecule has 0 amide bonds. The Morgan fingerprint density at radius 3 is 1.68 bits per heavy atom. The summed E-state index contributed by atoms with van der Waals surface area (Å²) in [5.74, 6) is 0. The van der Waals surface area contributed by atoms with Gasteiger partial charge in [0.1, 0.15) is 0 Å². The number of rotatable bonds is 1. The zero-order chi connectivity index (χ0) is 15.3. The summed E-state index contributed by atoms with van der Waals surface area (Å²) in [6, 6.07) is 22.2. The summed E-state index contributed by atoms with van der Waals surface area (Å²) in [5.41, 5.74) is 1.30. The number of hydrogen-bond acceptors (Lipinski definition) is 0. The monoisotopic (exact) mass is 431 g/mol. The van der Waals surface area contributed by atoms with E-state index in [4.69, 9.17) is 0 Å². The molecule has 0 aliphatic carbocycles. The first-order chi connectivity index (χ1) is 10.6. The largest absolute Gasteiger partial charge is 0.187 e. The van der Waals surface area contributed by atoms with Crippen LogP contribution < -0.4 is 0 Å². The molecule has 0 spiro atoms. The summed E-state index contributed by atoms with van der Waals surface area (Å²) in [4.78, 5) is 1.38.